The van der Waals surface area contributed by atoms with E-state index in [0.717, 1.165) is 0 Å². The topological polar surface area (TPSA) is 485 Å². The molecule has 0 unspecified atom stereocenters. The number of anilines is 4. The molecule has 0 aliphatic carbocycles. The van der Waals surface area contributed by atoms with E-state index >= 15 is 0 Å². The van der Waals surface area contributed by atoms with Gasteiger partial charge in [-0.05, 0) is 183 Å². The summed E-state index contributed by atoms with van der Waals surface area (Å²) in [6.45, 7) is 13.1. The van der Waals surface area contributed by atoms with E-state index in [2.05, 4.69) is 81.1 Å². The number of H-pyrrole nitrogens is 4. The second-order valence-corrected chi connectivity index (χ2v) is 39.8. The van der Waals surface area contributed by atoms with Gasteiger partial charge in [-0.25, -0.2) is 73.5 Å². The van der Waals surface area contributed by atoms with Gasteiger partial charge >= 0.3 is 0 Å². The highest BCUT2D eigenvalue weighted by molar-refractivity contribution is 7.93. The first-order chi connectivity index (χ1) is 61.2. The highest BCUT2D eigenvalue weighted by atomic mass is 32.2. The molecule has 0 atom stereocenters. The Hall–Kier alpha value is -15.5. The molecule has 16 aromatic rings. The van der Waals surface area contributed by atoms with Crippen LogP contribution >= 0.6 is 0 Å². The van der Waals surface area contributed by atoms with Crippen LogP contribution in [-0.2, 0) is 39.3 Å². The average molecular weight is 1810 g/mol. The van der Waals surface area contributed by atoms with E-state index in [4.69, 9.17) is 20.0 Å². The van der Waals surface area contributed by atoms with Crippen molar-refractivity contribution in [3.05, 3.63) is 277 Å². The first kappa shape index (κ1) is 90.2. The molecule has 16 rings (SSSR count). The summed E-state index contributed by atoms with van der Waals surface area (Å²) in [5, 5.41) is 27.1. The summed E-state index contributed by atoms with van der Waals surface area (Å²) in [5.41, 5.74) is 12.8. The molecule has 0 fully saturated rings. The van der Waals surface area contributed by atoms with Crippen LogP contribution in [0.15, 0.2) is 263 Å². The zero-order chi connectivity index (χ0) is 91.5. The molecule has 32 nitrogen and oxygen atoms in total. The van der Waals surface area contributed by atoms with Crippen molar-refractivity contribution in [2.75, 3.05) is 35.5 Å². The van der Waals surface area contributed by atoms with Crippen LogP contribution in [0.5, 0.6) is 11.5 Å². The van der Waals surface area contributed by atoms with Gasteiger partial charge in [0.2, 0.25) is 0 Å². The summed E-state index contributed by atoms with van der Waals surface area (Å²) >= 11 is 0. The van der Waals surface area contributed by atoms with Gasteiger partial charge in [-0.3, -0.25) is 19.2 Å². The molecule has 0 aliphatic heterocycles. The Morgan fingerprint density at radius 2 is 0.594 bits per heavy atom. The zero-order valence-electron chi connectivity index (χ0n) is 70.2. The fourth-order valence-corrected chi connectivity index (χ4v) is 16.9. The number of nitriles is 2. The van der Waals surface area contributed by atoms with E-state index in [0.29, 0.717) is 157 Å². The molecule has 0 saturated heterocycles. The minimum atomic E-state index is -3.37. The number of amides is 4. The van der Waals surface area contributed by atoms with E-state index in [-0.39, 0.29) is 48.7 Å². The van der Waals surface area contributed by atoms with Gasteiger partial charge in [-0.1, -0.05) is 60.7 Å². The first-order valence-corrected chi connectivity index (χ1v) is 45.6. The van der Waals surface area contributed by atoms with Crippen molar-refractivity contribution in [3.8, 4) is 68.7 Å². The number of aromatic amines is 4. The van der Waals surface area contributed by atoms with Gasteiger partial charge in [-0.2, -0.15) is 10.5 Å². The van der Waals surface area contributed by atoms with Gasteiger partial charge in [0.1, 0.15) is 33.6 Å². The average Bonchev–Trinajstić information content (AvgIpc) is 1.65. The molecule has 36 heteroatoms. The Bertz CT molecular complexity index is 7500. The fourth-order valence-electron chi connectivity index (χ4n) is 12.6. The molecule has 8 aromatic carbocycles. The minimum Gasteiger partial charge on any atom is -0.497 e. The summed E-state index contributed by atoms with van der Waals surface area (Å²) in [5.74, 6) is -0.105. The standard InChI is InChI=1S/2C23H19N5O3S.2C23H22N4O4S.8H2/c1-14(2)32(30,31)18-9-5-16(6-10-18)20-13-26-22-21(28-20)19(12-25-22)23(29)27-17-7-3-15(11-24)4-8-17;1-14(2)32(30,31)18-8-6-16(7-9-18)20-13-26-22-21(28-20)19(12-25-22)23(29)27-17-5-3-4-15(10-17)11-24;1-14(2)32(29,30)18-10-4-15(5-11-18)20-13-25-22-21(27-20)19(12-24-22)23(28)26-16-6-8-17(31-3)9-7-16;1-14(2)32(29,30)18-9-7-15(8-10-18)20-13-25-22-21(27-20)19(12-24-22)23(28)26-16-5-4-6-17(11-16)31-3;;;;;;;;/h2*3-10,12-14H,1-2H3,(H,25,26)(H,27,29);2*4-14H,1-3H3,(H,24,25)(H,26,28);8*1H. The number of carbonyl (C=O) groups excluding carboxylic acids is 4. The number of aromatic nitrogens is 12. The maximum Gasteiger partial charge on any atom is 0.259 e. The monoisotopic (exact) mass is 1810 g/mol. The van der Waals surface area contributed by atoms with Crippen molar-refractivity contribution in [3.63, 3.8) is 0 Å². The molecule has 664 valence electrons. The maximum atomic E-state index is 12.8. The smallest absolute Gasteiger partial charge is 0.259 e. The summed E-state index contributed by atoms with van der Waals surface area (Å²) in [7, 11) is -10.3. The lowest BCUT2D eigenvalue weighted by molar-refractivity contribution is 0.102. The Kier molecular flexibility index (Phi) is 27.0. The van der Waals surface area contributed by atoms with E-state index in [1.165, 1.54) is 12.4 Å². The molecule has 0 bridgehead atoms. The van der Waals surface area contributed by atoms with Gasteiger partial charge in [-0.15, -0.1) is 0 Å². The number of methoxy groups -OCH3 is 2. The first-order valence-electron chi connectivity index (χ1n) is 39.5. The number of benzene rings is 8. The number of carbonyl (C=O) groups is 4. The molecular formula is C92H98N18O14S4. The lowest BCUT2D eigenvalue weighted by Crippen LogP contribution is -2.13. The molecule has 0 radical (unpaired) electrons. The fraction of sp³-hybridized carbons (Fsp3) is 0.152. The molecule has 128 heavy (non-hydrogen) atoms. The van der Waals surface area contributed by atoms with Crippen LogP contribution in [0.25, 0.3) is 89.7 Å². The Morgan fingerprint density at radius 1 is 0.328 bits per heavy atom. The SMILES string of the molecule is CC(C)S(=O)(=O)c1ccc(-c2cnc3[nH]cc(C(=O)Nc4ccc(C#N)cc4)c3n2)cc1.CC(C)S(=O)(=O)c1ccc(-c2cnc3[nH]cc(C(=O)Nc4cccc(C#N)c4)c3n2)cc1.COc1ccc(NC(=O)c2c[nH]c3ncc(-c4ccc(S(=O)(=O)C(C)C)cc4)nc23)cc1.COc1cccc(NC(=O)c2c[nH]c3ncc(-c4ccc(S(=O)(=O)C(C)C)cc4)nc23)c1.[HH].[HH].[HH].[HH].[HH].[HH].[HH].[HH]. The molecule has 0 aliphatic rings. The summed E-state index contributed by atoms with van der Waals surface area (Å²) < 4.78 is 109. The number of rotatable bonds is 22. The van der Waals surface area contributed by atoms with E-state index in [1.54, 1.807) is 301 Å². The van der Waals surface area contributed by atoms with Crippen LogP contribution in [0.3, 0.4) is 0 Å². The number of nitrogens with zero attached hydrogens (tertiary/aromatic N) is 10. The number of fused-ring (bicyclic) bond motifs is 4. The third kappa shape index (κ3) is 20.1. The van der Waals surface area contributed by atoms with Crippen molar-refractivity contribution >= 4 is 130 Å². The molecule has 0 spiro atoms. The Morgan fingerprint density at radius 3 is 0.867 bits per heavy atom. The zero-order valence-corrected chi connectivity index (χ0v) is 73.5. The van der Waals surface area contributed by atoms with Crippen molar-refractivity contribution < 1.29 is 73.7 Å². The van der Waals surface area contributed by atoms with E-state index < -0.39 is 66.3 Å². The number of nitrogens with one attached hydrogen (secondary N) is 8. The Labute approximate surface area is 747 Å². The Balaban J connectivity index is 0.000000314. The molecule has 8 aromatic heterocycles. The van der Waals surface area contributed by atoms with Crippen LogP contribution < -0.4 is 30.7 Å². The van der Waals surface area contributed by atoms with E-state index in [9.17, 15) is 52.8 Å². The highest BCUT2D eigenvalue weighted by Gasteiger charge is 2.27. The largest absolute Gasteiger partial charge is 0.497 e. The lowest BCUT2D eigenvalue weighted by atomic mass is 10.1. The third-order valence-electron chi connectivity index (χ3n) is 20.1. The predicted octanol–water partition coefficient (Wildman–Crippen LogP) is 18.0. The second-order valence-electron chi connectivity index (χ2n) is 29.8. The van der Waals surface area contributed by atoms with Crippen molar-refractivity contribution in [2.45, 2.75) is 96.0 Å². The molecule has 8 N–H and O–H groups in total. The van der Waals surface area contributed by atoms with Gasteiger partial charge < -0.3 is 50.7 Å². The number of sulfone groups is 4. The quantitative estimate of drug-likeness (QED) is 0.0312. The molecule has 4 amide bonds. The highest BCUT2D eigenvalue weighted by Crippen LogP contribution is 2.32. The van der Waals surface area contributed by atoms with Crippen LogP contribution in [0.1, 0.15) is 119 Å². The van der Waals surface area contributed by atoms with Crippen LogP contribution in [0.4, 0.5) is 22.7 Å². The van der Waals surface area contributed by atoms with Gasteiger partial charge in [0.15, 0.2) is 61.9 Å². The molecular weight excluding hydrogens is 1710 g/mol. The number of hydrogen-bond acceptors (Lipinski definition) is 24. The molecule has 8 heterocycles. The summed E-state index contributed by atoms with van der Waals surface area (Å²) in [6, 6.07) is 57.1. The number of hydrogen-bond donors (Lipinski definition) is 8. The second kappa shape index (κ2) is 38.3. The van der Waals surface area contributed by atoms with Crippen LogP contribution in [-0.4, -0.2) is 152 Å². The van der Waals surface area contributed by atoms with Gasteiger partial charge in [0, 0.05) is 87.3 Å². The normalized spacial score (nSPS) is 11.5. The van der Waals surface area contributed by atoms with Crippen molar-refractivity contribution in [1.82, 2.24) is 59.8 Å². The third-order valence-corrected chi connectivity index (χ3v) is 28.8. The van der Waals surface area contributed by atoms with E-state index in [1.807, 2.05) is 12.1 Å². The van der Waals surface area contributed by atoms with Crippen molar-refractivity contribution in [1.29, 1.82) is 10.5 Å². The minimum absolute atomic E-state index is 0. The predicted molar refractivity (Wildman–Crippen MR) is 504 cm³/mol. The lowest BCUT2D eigenvalue weighted by Gasteiger charge is -2.09. The summed E-state index contributed by atoms with van der Waals surface area (Å²) in [4.78, 5) is 99.8. The van der Waals surface area contributed by atoms with Gasteiger partial charge in [0.25, 0.3) is 23.6 Å². The van der Waals surface area contributed by atoms with Gasteiger partial charge in [0.05, 0.1) is 148 Å². The van der Waals surface area contributed by atoms with Crippen molar-refractivity contribution in [2.24, 2.45) is 0 Å². The molecule has 0 saturated carbocycles. The summed E-state index contributed by atoms with van der Waals surface area (Å²) in [6.07, 6.45) is 12.5. The number of ether oxygens (including phenoxy) is 2. The van der Waals surface area contributed by atoms with Crippen LogP contribution in [0, 0.1) is 22.7 Å². The van der Waals surface area contributed by atoms with Crippen LogP contribution in [0.2, 0.25) is 0 Å². The maximum absolute atomic E-state index is 12.8.